The van der Waals surface area contributed by atoms with E-state index in [1.165, 1.54) is 16.7 Å². The number of anilines is 2. The Bertz CT molecular complexity index is 1830. The van der Waals surface area contributed by atoms with Gasteiger partial charge in [0.25, 0.3) is 0 Å². The van der Waals surface area contributed by atoms with Crippen molar-refractivity contribution in [1.82, 2.24) is 10.6 Å². The monoisotopic (exact) mass is 727 g/mol. The number of hydrogen-bond acceptors (Lipinski definition) is 7. The van der Waals surface area contributed by atoms with E-state index in [1.54, 1.807) is 6.92 Å². The fraction of sp³-hybridized carbons (Fsp3) is 0.595. The van der Waals surface area contributed by atoms with Crippen LogP contribution in [-0.4, -0.2) is 46.8 Å². The average molecular weight is 728 g/mol. The van der Waals surface area contributed by atoms with E-state index in [2.05, 4.69) is 48.9 Å². The number of aliphatic carboxylic acids is 1. The molecule has 2 unspecified atom stereocenters. The smallest absolute Gasteiger partial charge is 0.303 e. The number of amides is 4. The van der Waals surface area contributed by atoms with Crippen LogP contribution in [0.15, 0.2) is 36.4 Å². The molecule has 0 spiro atoms. The lowest BCUT2D eigenvalue weighted by Gasteiger charge is -2.56. The molecule has 6 rings (SSSR count). The van der Waals surface area contributed by atoms with Crippen molar-refractivity contribution in [2.75, 3.05) is 11.1 Å². The van der Waals surface area contributed by atoms with Gasteiger partial charge in [0.15, 0.2) is 0 Å². The van der Waals surface area contributed by atoms with Crippen LogP contribution in [0.2, 0.25) is 0 Å². The van der Waals surface area contributed by atoms with E-state index in [-0.39, 0.29) is 47.3 Å². The van der Waals surface area contributed by atoms with Crippen molar-refractivity contribution in [2.45, 2.75) is 135 Å². The maximum Gasteiger partial charge on any atom is 0.303 e. The number of nitrogen functional groups attached to an aromatic ring is 1. The van der Waals surface area contributed by atoms with Crippen LogP contribution in [0.4, 0.5) is 11.4 Å². The molecule has 2 saturated carbocycles. The molecule has 0 aromatic heterocycles. The van der Waals surface area contributed by atoms with E-state index in [0.717, 1.165) is 69.0 Å². The lowest BCUT2D eigenvalue weighted by atomic mass is 9.49. The highest BCUT2D eigenvalue weighted by molar-refractivity contribution is 6.01. The van der Waals surface area contributed by atoms with Gasteiger partial charge in [-0.2, -0.15) is 0 Å². The molecule has 4 aliphatic carbocycles. The van der Waals surface area contributed by atoms with Crippen molar-refractivity contribution >= 4 is 41.0 Å². The van der Waals surface area contributed by atoms with Crippen LogP contribution >= 0.6 is 0 Å². The SMILES string of the molecule is CC(NC(=O)C(N)CCC(=O)O)C(=O)Nc1ccc2c(c1)[C@@]1(C)CCC[C@](C)(C(=O)NC(=O)[C@@]3(C)CCC[C@]4(C)c5cc(N)ccc5CC[C@@H]34)[C@@H]1CC2. The van der Waals surface area contributed by atoms with E-state index < -0.39 is 40.7 Å². The molecule has 0 heterocycles. The van der Waals surface area contributed by atoms with Crippen LogP contribution in [0, 0.1) is 22.7 Å². The van der Waals surface area contributed by atoms with Crippen LogP contribution in [0.25, 0.3) is 0 Å². The van der Waals surface area contributed by atoms with Crippen LogP contribution in [0.1, 0.15) is 121 Å². The van der Waals surface area contributed by atoms with Gasteiger partial charge in [-0.1, -0.05) is 52.7 Å². The van der Waals surface area contributed by atoms with Crippen molar-refractivity contribution in [1.29, 1.82) is 0 Å². The Balaban J connectivity index is 1.17. The summed E-state index contributed by atoms with van der Waals surface area (Å²) in [6.45, 7) is 10.1. The number of carboxylic acid groups (broad SMARTS) is 1. The Kier molecular flexibility index (Phi) is 10.3. The zero-order valence-corrected chi connectivity index (χ0v) is 31.9. The first-order chi connectivity index (χ1) is 24.9. The second kappa shape index (κ2) is 14.2. The second-order valence-corrected chi connectivity index (χ2v) is 17.4. The molecule has 286 valence electrons. The number of carboxylic acids is 1. The van der Waals surface area contributed by atoms with Gasteiger partial charge >= 0.3 is 5.97 Å². The molecule has 4 amide bonds. The number of carbonyl (C=O) groups is 5. The first-order valence-electron chi connectivity index (χ1n) is 19.4. The summed E-state index contributed by atoms with van der Waals surface area (Å²) in [7, 11) is 0. The number of nitrogens with two attached hydrogens (primary N) is 2. The van der Waals surface area contributed by atoms with Crippen molar-refractivity contribution in [3.63, 3.8) is 0 Å². The largest absolute Gasteiger partial charge is 0.481 e. The van der Waals surface area contributed by atoms with E-state index in [1.807, 2.05) is 31.2 Å². The van der Waals surface area contributed by atoms with Gasteiger partial charge in [-0.25, -0.2) is 0 Å². The lowest BCUT2D eigenvalue weighted by Crippen LogP contribution is -2.60. The van der Waals surface area contributed by atoms with Gasteiger partial charge in [-0.05, 0) is 134 Å². The van der Waals surface area contributed by atoms with Crippen molar-refractivity contribution in [2.24, 2.45) is 28.4 Å². The van der Waals surface area contributed by atoms with Gasteiger partial charge in [0.05, 0.1) is 16.9 Å². The molecular weight excluding hydrogens is 670 g/mol. The number of carbonyl (C=O) groups excluding carboxylic acids is 4. The summed E-state index contributed by atoms with van der Waals surface area (Å²) in [6.07, 6.45) is 8.12. The minimum Gasteiger partial charge on any atom is -0.481 e. The molecule has 8 N–H and O–H groups in total. The molecule has 53 heavy (non-hydrogen) atoms. The van der Waals surface area contributed by atoms with Gasteiger partial charge in [0.1, 0.15) is 6.04 Å². The Morgan fingerprint density at radius 3 is 1.87 bits per heavy atom. The molecule has 4 aliphatic rings. The minimum absolute atomic E-state index is 0.0190. The molecular formula is C42H57N5O6. The highest BCUT2D eigenvalue weighted by Gasteiger charge is 2.58. The maximum atomic E-state index is 14.5. The highest BCUT2D eigenvalue weighted by atomic mass is 16.4. The number of fused-ring (bicyclic) bond motifs is 6. The number of aryl methyl sites for hydroxylation is 2. The topological polar surface area (TPSA) is 194 Å². The predicted octanol–water partition coefficient (Wildman–Crippen LogP) is 5.27. The van der Waals surface area contributed by atoms with E-state index in [9.17, 15) is 24.0 Å². The van der Waals surface area contributed by atoms with Crippen LogP contribution in [0.5, 0.6) is 0 Å². The highest BCUT2D eigenvalue weighted by Crippen LogP contribution is 2.59. The molecule has 2 aromatic carbocycles. The summed E-state index contributed by atoms with van der Waals surface area (Å²) in [5.74, 6) is -2.34. The summed E-state index contributed by atoms with van der Waals surface area (Å²) in [5, 5.41) is 17.4. The summed E-state index contributed by atoms with van der Waals surface area (Å²) >= 11 is 0. The molecule has 0 saturated heterocycles. The number of nitrogens with one attached hydrogen (secondary N) is 3. The molecule has 2 fully saturated rings. The quantitative estimate of drug-likeness (QED) is 0.149. The Morgan fingerprint density at radius 2 is 1.32 bits per heavy atom. The number of rotatable bonds is 9. The molecule has 11 nitrogen and oxygen atoms in total. The maximum absolute atomic E-state index is 14.5. The second-order valence-electron chi connectivity index (χ2n) is 17.4. The third-order valence-corrected chi connectivity index (χ3v) is 14.0. The minimum atomic E-state index is -1.05. The molecule has 11 heteroatoms. The fourth-order valence-corrected chi connectivity index (χ4v) is 11.0. The molecule has 0 radical (unpaired) electrons. The van der Waals surface area contributed by atoms with Crippen molar-refractivity contribution in [3.8, 4) is 0 Å². The van der Waals surface area contributed by atoms with Crippen LogP contribution in [-0.2, 0) is 47.6 Å². The van der Waals surface area contributed by atoms with Gasteiger partial charge in [-0.15, -0.1) is 0 Å². The van der Waals surface area contributed by atoms with Gasteiger partial charge in [0.2, 0.25) is 23.6 Å². The predicted molar refractivity (Wildman–Crippen MR) is 204 cm³/mol. The third kappa shape index (κ3) is 6.85. The lowest BCUT2D eigenvalue weighted by molar-refractivity contribution is -0.150. The zero-order chi connectivity index (χ0) is 38.5. The Hall–Kier alpha value is -4.25. The summed E-state index contributed by atoms with van der Waals surface area (Å²) in [4.78, 5) is 65.4. The summed E-state index contributed by atoms with van der Waals surface area (Å²) in [6, 6.07) is 10.1. The molecule has 0 aliphatic heterocycles. The standard InChI is InChI=1S/C42H57N5O6/c1-24(45-36(51)31(44)14-17-34(48)49)35(50)46-28-13-9-26-11-16-33-40(3,30(26)23-28)19-7-21-42(33,5)38(53)47-37(52)41(4)20-6-18-39(2)29-22-27(43)12-8-25(29)10-15-32(39)41/h8-9,12-13,22-24,31-33H,6-7,10-11,14-21,43-44H2,1-5H3,(H,45,51)(H,46,50)(H,48,49)(H,47,52,53)/t24?,31?,32-,33-,39-,40-,41+,42+/m1/s1. The first kappa shape index (κ1) is 38.5. The normalized spacial score (nSPS) is 31.3. The first-order valence-corrected chi connectivity index (χ1v) is 19.4. The molecule has 2 aromatic rings. The van der Waals surface area contributed by atoms with Crippen molar-refractivity contribution < 1.29 is 29.1 Å². The number of hydrogen-bond donors (Lipinski definition) is 6. The Morgan fingerprint density at radius 1 is 0.792 bits per heavy atom. The molecule has 8 atom stereocenters. The molecule has 0 bridgehead atoms. The Labute approximate surface area is 312 Å². The van der Waals surface area contributed by atoms with E-state index >= 15 is 0 Å². The summed E-state index contributed by atoms with van der Waals surface area (Å²) in [5.41, 5.74) is 16.2. The van der Waals surface area contributed by atoms with E-state index in [4.69, 9.17) is 16.6 Å². The van der Waals surface area contributed by atoms with Crippen LogP contribution < -0.4 is 27.4 Å². The van der Waals surface area contributed by atoms with E-state index in [0.29, 0.717) is 12.1 Å². The fourth-order valence-electron chi connectivity index (χ4n) is 11.0. The van der Waals surface area contributed by atoms with Gasteiger partial charge < -0.3 is 27.2 Å². The van der Waals surface area contributed by atoms with Gasteiger partial charge in [-0.3, -0.25) is 29.3 Å². The average Bonchev–Trinajstić information content (AvgIpc) is 3.10. The zero-order valence-electron chi connectivity index (χ0n) is 31.9. The number of benzene rings is 2. The third-order valence-electron chi connectivity index (χ3n) is 14.0. The van der Waals surface area contributed by atoms with Gasteiger partial charge in [0, 0.05) is 17.8 Å². The van der Waals surface area contributed by atoms with Crippen LogP contribution in [0.3, 0.4) is 0 Å². The number of imide groups is 1. The summed E-state index contributed by atoms with van der Waals surface area (Å²) < 4.78 is 0. The van der Waals surface area contributed by atoms with Crippen molar-refractivity contribution in [3.05, 3.63) is 58.7 Å².